The van der Waals surface area contributed by atoms with Crippen molar-refractivity contribution in [2.45, 2.75) is 6.92 Å². The molecule has 2 N–H and O–H groups in total. The predicted molar refractivity (Wildman–Crippen MR) is 80.3 cm³/mol. The van der Waals surface area contributed by atoms with Gasteiger partial charge in [-0.2, -0.15) is 0 Å². The molecule has 2 amide bonds. The van der Waals surface area contributed by atoms with Gasteiger partial charge in [-0.3, -0.25) is 0 Å². The molecule has 2 aromatic carbocycles. The fraction of sp³-hybridized carbons (Fsp3) is 0.0714. The van der Waals surface area contributed by atoms with Crippen molar-refractivity contribution in [2.24, 2.45) is 0 Å². The normalized spacial score (nSPS) is 10.1. The van der Waals surface area contributed by atoms with Crippen LogP contribution in [-0.2, 0) is 0 Å². The smallest absolute Gasteiger partial charge is 0.308 e. The van der Waals surface area contributed by atoms with Gasteiger partial charge in [0.15, 0.2) is 0 Å². The third-order valence-corrected chi connectivity index (χ3v) is 3.03. The van der Waals surface area contributed by atoms with Gasteiger partial charge in [0.1, 0.15) is 0 Å². The molecule has 0 aliphatic carbocycles. The van der Waals surface area contributed by atoms with E-state index in [0.29, 0.717) is 15.7 Å². The fourth-order valence-electron chi connectivity index (χ4n) is 1.59. The number of benzene rings is 2. The van der Waals surface area contributed by atoms with Crippen LogP contribution in [0.15, 0.2) is 42.5 Å². The van der Waals surface area contributed by atoms with Crippen LogP contribution in [0.1, 0.15) is 5.56 Å². The first kappa shape index (κ1) is 13.7. The molecule has 0 unspecified atom stereocenters. The van der Waals surface area contributed by atoms with Gasteiger partial charge in [-0.15, -0.1) is 0 Å². The zero-order valence-electron chi connectivity index (χ0n) is 10.2. The molecule has 0 bridgehead atoms. The number of rotatable bonds is 2. The molecule has 0 fully saturated rings. The quantitative estimate of drug-likeness (QED) is 0.809. The van der Waals surface area contributed by atoms with E-state index < -0.39 is 0 Å². The van der Waals surface area contributed by atoms with E-state index in [0.717, 1.165) is 11.3 Å². The fourth-order valence-corrected chi connectivity index (χ4v) is 1.94. The highest BCUT2D eigenvalue weighted by Crippen LogP contribution is 2.20. The molecule has 0 heterocycles. The van der Waals surface area contributed by atoms with E-state index >= 15 is 0 Å². The molecule has 19 heavy (non-hydrogen) atoms. The minimum absolute atomic E-state index is 0.312. The van der Waals surface area contributed by atoms with Crippen LogP contribution in [0.4, 0.5) is 16.2 Å². The molecule has 3 nitrogen and oxygen atoms in total. The lowest BCUT2D eigenvalue weighted by molar-refractivity contribution is 0.262. The number of nitrogens with one attached hydrogen (secondary N) is 2. The second-order valence-electron chi connectivity index (χ2n) is 4.05. The summed E-state index contributed by atoms with van der Waals surface area (Å²) in [5, 5.41) is 6.74. The standard InChI is InChI=1S/C14H12Cl2N2O/c1-9-8-11(16)4-7-13(9)18-14(19)17-12-5-2-10(15)3-6-12/h2-8H,1H3,(H2,17,18,19). The molecule has 2 aromatic rings. The van der Waals surface area contributed by atoms with E-state index in [4.69, 9.17) is 23.2 Å². The summed E-state index contributed by atoms with van der Waals surface area (Å²) < 4.78 is 0. The van der Waals surface area contributed by atoms with Crippen molar-refractivity contribution < 1.29 is 4.79 Å². The number of carbonyl (C=O) groups is 1. The van der Waals surface area contributed by atoms with E-state index in [1.807, 2.05) is 6.92 Å². The van der Waals surface area contributed by atoms with Crippen LogP contribution < -0.4 is 10.6 Å². The predicted octanol–water partition coefficient (Wildman–Crippen LogP) is 4.95. The van der Waals surface area contributed by atoms with E-state index in [2.05, 4.69) is 10.6 Å². The number of urea groups is 1. The topological polar surface area (TPSA) is 41.1 Å². The van der Waals surface area contributed by atoms with Crippen molar-refractivity contribution in [1.82, 2.24) is 0 Å². The van der Waals surface area contributed by atoms with E-state index in [1.165, 1.54) is 0 Å². The van der Waals surface area contributed by atoms with Gasteiger partial charge in [-0.1, -0.05) is 23.2 Å². The lowest BCUT2D eigenvalue weighted by atomic mass is 10.2. The minimum Gasteiger partial charge on any atom is -0.308 e. The summed E-state index contributed by atoms with van der Waals surface area (Å²) in [6.45, 7) is 1.88. The van der Waals surface area contributed by atoms with Crippen LogP contribution in [0.2, 0.25) is 10.0 Å². The van der Waals surface area contributed by atoms with E-state index in [1.54, 1.807) is 42.5 Å². The SMILES string of the molecule is Cc1cc(Cl)ccc1NC(=O)Nc1ccc(Cl)cc1. The molecule has 0 spiro atoms. The Morgan fingerprint density at radius 2 is 1.58 bits per heavy atom. The lowest BCUT2D eigenvalue weighted by Gasteiger charge is -2.10. The van der Waals surface area contributed by atoms with E-state index in [-0.39, 0.29) is 6.03 Å². The molecule has 0 saturated heterocycles. The lowest BCUT2D eigenvalue weighted by Crippen LogP contribution is -2.19. The third kappa shape index (κ3) is 3.88. The van der Waals surface area contributed by atoms with Crippen LogP contribution in [0.25, 0.3) is 0 Å². The first-order valence-corrected chi connectivity index (χ1v) is 6.40. The van der Waals surface area contributed by atoms with Gasteiger partial charge < -0.3 is 10.6 Å². The summed E-state index contributed by atoms with van der Waals surface area (Å²) in [5.74, 6) is 0. The largest absolute Gasteiger partial charge is 0.323 e. The number of hydrogen-bond acceptors (Lipinski definition) is 1. The Hall–Kier alpha value is -1.71. The molecule has 5 heteroatoms. The maximum absolute atomic E-state index is 11.8. The number of amides is 2. The Labute approximate surface area is 121 Å². The number of hydrogen-bond donors (Lipinski definition) is 2. The molecule has 0 aromatic heterocycles. The maximum Gasteiger partial charge on any atom is 0.323 e. The van der Waals surface area contributed by atoms with Crippen molar-refractivity contribution >= 4 is 40.6 Å². The molecular weight excluding hydrogens is 283 g/mol. The summed E-state index contributed by atoms with van der Waals surface area (Å²) in [7, 11) is 0. The van der Waals surface area contributed by atoms with Gasteiger partial charge in [0, 0.05) is 21.4 Å². The van der Waals surface area contributed by atoms with Crippen molar-refractivity contribution in [1.29, 1.82) is 0 Å². The average Bonchev–Trinajstić information content (AvgIpc) is 2.36. The van der Waals surface area contributed by atoms with Crippen LogP contribution in [0, 0.1) is 6.92 Å². The zero-order chi connectivity index (χ0) is 13.8. The van der Waals surface area contributed by atoms with Gasteiger partial charge >= 0.3 is 6.03 Å². The van der Waals surface area contributed by atoms with Gasteiger partial charge in [-0.05, 0) is 55.0 Å². The number of aryl methyl sites for hydroxylation is 1. The Bertz CT molecular complexity index is 597. The van der Waals surface area contributed by atoms with Crippen LogP contribution >= 0.6 is 23.2 Å². The molecule has 0 aliphatic rings. The van der Waals surface area contributed by atoms with Crippen LogP contribution in [0.5, 0.6) is 0 Å². The van der Waals surface area contributed by atoms with Crippen molar-refractivity contribution in [3.63, 3.8) is 0 Å². The molecular formula is C14H12Cl2N2O. The summed E-state index contributed by atoms with van der Waals surface area (Å²) in [6, 6.07) is 11.9. The Kier molecular flexibility index (Phi) is 4.30. The monoisotopic (exact) mass is 294 g/mol. The highest BCUT2D eigenvalue weighted by molar-refractivity contribution is 6.31. The summed E-state index contributed by atoms with van der Waals surface area (Å²) in [5.41, 5.74) is 2.29. The zero-order valence-corrected chi connectivity index (χ0v) is 11.7. The molecule has 2 rings (SSSR count). The Balaban J connectivity index is 2.03. The van der Waals surface area contributed by atoms with Gasteiger partial charge in [-0.25, -0.2) is 4.79 Å². The number of anilines is 2. The summed E-state index contributed by atoms with van der Waals surface area (Å²) in [6.07, 6.45) is 0. The highest BCUT2D eigenvalue weighted by atomic mass is 35.5. The number of halogens is 2. The first-order valence-electron chi connectivity index (χ1n) is 5.64. The Morgan fingerprint density at radius 1 is 0.947 bits per heavy atom. The number of carbonyl (C=O) groups excluding carboxylic acids is 1. The average molecular weight is 295 g/mol. The highest BCUT2D eigenvalue weighted by Gasteiger charge is 2.05. The molecule has 0 saturated carbocycles. The molecule has 0 radical (unpaired) electrons. The van der Waals surface area contributed by atoms with Crippen LogP contribution in [0.3, 0.4) is 0 Å². The molecule has 0 atom stereocenters. The van der Waals surface area contributed by atoms with Crippen molar-refractivity contribution in [2.75, 3.05) is 10.6 Å². The maximum atomic E-state index is 11.8. The van der Waals surface area contributed by atoms with E-state index in [9.17, 15) is 4.79 Å². The van der Waals surface area contributed by atoms with Crippen LogP contribution in [-0.4, -0.2) is 6.03 Å². The van der Waals surface area contributed by atoms with Gasteiger partial charge in [0.2, 0.25) is 0 Å². The summed E-state index contributed by atoms with van der Waals surface area (Å²) >= 11 is 11.6. The third-order valence-electron chi connectivity index (χ3n) is 2.54. The van der Waals surface area contributed by atoms with Crippen molar-refractivity contribution in [3.8, 4) is 0 Å². The first-order chi connectivity index (χ1) is 9.04. The minimum atomic E-state index is -0.312. The second kappa shape index (κ2) is 5.95. The van der Waals surface area contributed by atoms with Gasteiger partial charge in [0.25, 0.3) is 0 Å². The second-order valence-corrected chi connectivity index (χ2v) is 4.92. The summed E-state index contributed by atoms with van der Waals surface area (Å²) in [4.78, 5) is 11.8. The molecule has 0 aliphatic heterocycles. The van der Waals surface area contributed by atoms with Gasteiger partial charge in [0.05, 0.1) is 0 Å². The molecule has 98 valence electrons. The van der Waals surface area contributed by atoms with Crippen molar-refractivity contribution in [3.05, 3.63) is 58.1 Å². The Morgan fingerprint density at radius 3 is 2.21 bits per heavy atom.